The first-order valence-electron chi connectivity index (χ1n) is 3.69. The van der Waals surface area contributed by atoms with E-state index in [0.717, 1.165) is 0 Å². The van der Waals surface area contributed by atoms with Gasteiger partial charge in [-0.25, -0.2) is 0 Å². The molecule has 0 aliphatic heterocycles. The summed E-state index contributed by atoms with van der Waals surface area (Å²) in [7, 11) is 0. The first-order chi connectivity index (χ1) is 4.46. The van der Waals surface area contributed by atoms with Crippen molar-refractivity contribution in [2.24, 2.45) is 11.3 Å². The normalized spacial score (nSPS) is 30.6. The smallest absolute Gasteiger partial charge is 0.161 e. The molecular weight excluding hydrogens is 124 g/mol. The molecule has 0 heterocycles. The molecule has 0 aromatic carbocycles. The second-order valence-electron chi connectivity index (χ2n) is 3.70. The summed E-state index contributed by atoms with van der Waals surface area (Å²) in [5.74, 6) is 0.692. The van der Waals surface area contributed by atoms with Crippen LogP contribution in [0.2, 0.25) is 0 Å². The van der Waals surface area contributed by atoms with Crippen LogP contribution in [-0.2, 0) is 4.79 Å². The molecule has 0 saturated heterocycles. The van der Waals surface area contributed by atoms with E-state index < -0.39 is 0 Å². The van der Waals surface area contributed by atoms with Crippen LogP contribution in [0.25, 0.3) is 0 Å². The Kier molecular flexibility index (Phi) is 1.46. The number of carbonyl (C=O) groups is 1. The number of rotatable bonds is 0. The van der Waals surface area contributed by atoms with Crippen LogP contribution >= 0.6 is 0 Å². The predicted molar refractivity (Wildman–Crippen MR) is 41.7 cm³/mol. The average Bonchev–Trinajstić information content (AvgIpc) is 1.97. The molecule has 1 atom stereocenters. The van der Waals surface area contributed by atoms with E-state index in [-0.39, 0.29) is 11.2 Å². The van der Waals surface area contributed by atoms with Gasteiger partial charge in [-0.3, -0.25) is 4.79 Å². The summed E-state index contributed by atoms with van der Waals surface area (Å²) in [4.78, 5) is 11.2. The number of hydrogen-bond donors (Lipinski definition) is 0. The van der Waals surface area contributed by atoms with Crippen LogP contribution in [0.3, 0.4) is 0 Å². The fraction of sp³-hybridized carbons (Fsp3) is 0.667. The van der Waals surface area contributed by atoms with Gasteiger partial charge in [-0.1, -0.05) is 26.3 Å². The molecule has 1 aliphatic rings. The fourth-order valence-electron chi connectivity index (χ4n) is 1.30. The van der Waals surface area contributed by atoms with E-state index in [2.05, 4.69) is 6.92 Å². The van der Waals surface area contributed by atoms with E-state index in [4.69, 9.17) is 0 Å². The van der Waals surface area contributed by atoms with Crippen LogP contribution in [0.15, 0.2) is 11.6 Å². The van der Waals surface area contributed by atoms with Crippen molar-refractivity contribution >= 4 is 5.78 Å². The lowest BCUT2D eigenvalue weighted by Crippen LogP contribution is -2.24. The van der Waals surface area contributed by atoms with Gasteiger partial charge >= 0.3 is 0 Å². The van der Waals surface area contributed by atoms with Crippen LogP contribution in [0.4, 0.5) is 0 Å². The minimum atomic E-state index is -0.149. The van der Waals surface area contributed by atoms with Crippen LogP contribution in [0, 0.1) is 11.3 Å². The highest BCUT2D eigenvalue weighted by Crippen LogP contribution is 2.38. The van der Waals surface area contributed by atoms with Gasteiger partial charge in [0.25, 0.3) is 0 Å². The maximum Gasteiger partial charge on any atom is 0.161 e. The Morgan fingerprint density at radius 1 is 1.50 bits per heavy atom. The van der Waals surface area contributed by atoms with E-state index in [1.165, 1.54) is 5.57 Å². The van der Waals surface area contributed by atoms with E-state index in [9.17, 15) is 4.79 Å². The zero-order chi connectivity index (χ0) is 7.94. The number of ketones is 1. The third kappa shape index (κ3) is 0.808. The molecule has 0 fully saturated rings. The predicted octanol–water partition coefficient (Wildman–Crippen LogP) is 2.18. The molecule has 0 spiro atoms. The van der Waals surface area contributed by atoms with Gasteiger partial charge in [0.05, 0.1) is 0 Å². The van der Waals surface area contributed by atoms with Crippen molar-refractivity contribution < 1.29 is 4.79 Å². The molecule has 1 aliphatic carbocycles. The monoisotopic (exact) mass is 138 g/mol. The van der Waals surface area contributed by atoms with Gasteiger partial charge in [0.2, 0.25) is 0 Å². The summed E-state index contributed by atoms with van der Waals surface area (Å²) >= 11 is 0. The second-order valence-corrected chi connectivity index (χ2v) is 3.70. The van der Waals surface area contributed by atoms with Gasteiger partial charge in [-0.15, -0.1) is 0 Å². The van der Waals surface area contributed by atoms with E-state index in [1.807, 2.05) is 20.8 Å². The maximum atomic E-state index is 11.2. The summed E-state index contributed by atoms with van der Waals surface area (Å²) in [6.45, 7) is 8.15. The Balaban J connectivity index is 2.98. The van der Waals surface area contributed by atoms with Gasteiger partial charge in [0.1, 0.15) is 0 Å². The first-order valence-corrected chi connectivity index (χ1v) is 3.69. The highest BCUT2D eigenvalue weighted by molar-refractivity contribution is 5.98. The van der Waals surface area contributed by atoms with Crippen LogP contribution < -0.4 is 0 Å². The van der Waals surface area contributed by atoms with Crippen molar-refractivity contribution in [1.29, 1.82) is 0 Å². The molecule has 0 aromatic heterocycles. The van der Waals surface area contributed by atoms with Gasteiger partial charge in [-0.2, -0.15) is 0 Å². The quantitative estimate of drug-likeness (QED) is 0.501. The van der Waals surface area contributed by atoms with Gasteiger partial charge in [0, 0.05) is 5.41 Å². The Morgan fingerprint density at radius 3 is 2.10 bits per heavy atom. The SMILES string of the molecule is CC1=CC(=O)C(C)(C)C1C. The van der Waals surface area contributed by atoms with Crippen molar-refractivity contribution in [1.82, 2.24) is 0 Å². The Bertz CT molecular complexity index is 199. The zero-order valence-corrected chi connectivity index (χ0v) is 7.06. The molecule has 1 nitrogen and oxygen atoms in total. The first kappa shape index (κ1) is 7.52. The highest BCUT2D eigenvalue weighted by Gasteiger charge is 2.38. The third-order valence-electron chi connectivity index (χ3n) is 2.76. The molecule has 10 heavy (non-hydrogen) atoms. The highest BCUT2D eigenvalue weighted by atomic mass is 16.1. The van der Waals surface area contributed by atoms with Crippen LogP contribution in [0.5, 0.6) is 0 Å². The van der Waals surface area contributed by atoms with Crippen molar-refractivity contribution in [3.63, 3.8) is 0 Å². The number of hydrogen-bond acceptors (Lipinski definition) is 1. The number of carbonyl (C=O) groups excluding carboxylic acids is 1. The molecule has 0 N–H and O–H groups in total. The summed E-state index contributed by atoms with van der Waals surface area (Å²) < 4.78 is 0. The molecule has 0 saturated carbocycles. The Hall–Kier alpha value is -0.590. The summed E-state index contributed by atoms with van der Waals surface area (Å²) in [6, 6.07) is 0. The molecule has 1 heteroatoms. The number of allylic oxidation sites excluding steroid dienone is 2. The standard InChI is InChI=1S/C9H14O/c1-6-5-8(10)9(3,4)7(6)2/h5,7H,1-4H3. The van der Waals surface area contributed by atoms with Crippen LogP contribution in [0.1, 0.15) is 27.7 Å². The van der Waals surface area contributed by atoms with E-state index in [1.54, 1.807) is 6.08 Å². The van der Waals surface area contributed by atoms with Crippen molar-refractivity contribution in [3.8, 4) is 0 Å². The lowest BCUT2D eigenvalue weighted by molar-refractivity contribution is -0.122. The van der Waals surface area contributed by atoms with E-state index >= 15 is 0 Å². The zero-order valence-electron chi connectivity index (χ0n) is 7.06. The molecule has 0 aromatic rings. The van der Waals surface area contributed by atoms with Crippen molar-refractivity contribution in [3.05, 3.63) is 11.6 Å². The molecule has 56 valence electrons. The molecule has 0 bridgehead atoms. The molecule has 1 unspecified atom stereocenters. The van der Waals surface area contributed by atoms with Crippen molar-refractivity contribution in [2.45, 2.75) is 27.7 Å². The minimum Gasteiger partial charge on any atom is -0.294 e. The lowest BCUT2D eigenvalue weighted by atomic mass is 9.80. The van der Waals surface area contributed by atoms with Gasteiger partial charge in [-0.05, 0) is 18.9 Å². The van der Waals surface area contributed by atoms with E-state index in [0.29, 0.717) is 5.92 Å². The van der Waals surface area contributed by atoms with Gasteiger partial charge < -0.3 is 0 Å². The molecule has 0 radical (unpaired) electrons. The molecular formula is C9H14O. The van der Waals surface area contributed by atoms with Crippen molar-refractivity contribution in [2.75, 3.05) is 0 Å². The third-order valence-corrected chi connectivity index (χ3v) is 2.76. The maximum absolute atomic E-state index is 11.2. The summed E-state index contributed by atoms with van der Waals surface area (Å²) in [5, 5.41) is 0. The Morgan fingerprint density at radius 2 is 2.00 bits per heavy atom. The Labute approximate surface area is 62.1 Å². The molecule has 0 amide bonds. The second kappa shape index (κ2) is 1.94. The van der Waals surface area contributed by atoms with Gasteiger partial charge in [0.15, 0.2) is 5.78 Å². The summed E-state index contributed by atoms with van der Waals surface area (Å²) in [6.07, 6.45) is 1.77. The molecule has 1 rings (SSSR count). The largest absolute Gasteiger partial charge is 0.294 e. The van der Waals surface area contributed by atoms with Crippen LogP contribution in [-0.4, -0.2) is 5.78 Å². The average molecular weight is 138 g/mol. The summed E-state index contributed by atoms with van der Waals surface area (Å²) in [5.41, 5.74) is 1.07. The fourth-order valence-corrected chi connectivity index (χ4v) is 1.30. The topological polar surface area (TPSA) is 17.1 Å². The minimum absolute atomic E-state index is 0.149. The lowest BCUT2D eigenvalue weighted by Gasteiger charge is -2.22.